The van der Waals surface area contributed by atoms with Crippen molar-refractivity contribution in [3.8, 4) is 0 Å². The zero-order valence-electron chi connectivity index (χ0n) is 13.0. The Morgan fingerprint density at radius 1 is 1.30 bits per heavy atom. The van der Waals surface area contributed by atoms with E-state index in [1.54, 1.807) is 7.11 Å². The first-order valence-electron chi connectivity index (χ1n) is 7.80. The highest BCUT2D eigenvalue weighted by molar-refractivity contribution is 7.91. The summed E-state index contributed by atoms with van der Waals surface area (Å²) in [6.07, 6.45) is 5.42. The second-order valence-electron chi connectivity index (χ2n) is 7.11. The molecular weight excluding hydrogens is 274 g/mol. The molecule has 0 spiro atoms. The lowest BCUT2D eigenvalue weighted by Gasteiger charge is -2.28. The van der Waals surface area contributed by atoms with Crippen molar-refractivity contribution < 1.29 is 13.2 Å². The third-order valence-electron chi connectivity index (χ3n) is 4.85. The molecule has 0 aromatic rings. The summed E-state index contributed by atoms with van der Waals surface area (Å²) >= 11 is 0. The minimum atomic E-state index is -2.78. The molecular formula is C15H29NO3S. The van der Waals surface area contributed by atoms with Crippen molar-refractivity contribution in [3.63, 3.8) is 0 Å². The molecule has 20 heavy (non-hydrogen) atoms. The topological polar surface area (TPSA) is 55.4 Å². The van der Waals surface area contributed by atoms with E-state index >= 15 is 0 Å². The van der Waals surface area contributed by atoms with E-state index in [1.165, 1.54) is 12.8 Å². The standard InChI is InChI=1S/C15H29NO3S/c1-15(2,19-3)8-6-12(10-16-14-4-5-14)13-7-9-20(17,18)11-13/h12-14,16H,4-11H2,1-3H3. The number of rotatable bonds is 8. The van der Waals surface area contributed by atoms with Gasteiger partial charge in [-0.2, -0.15) is 0 Å². The van der Waals surface area contributed by atoms with E-state index in [9.17, 15) is 8.42 Å². The van der Waals surface area contributed by atoms with E-state index in [1.807, 2.05) is 0 Å². The fourth-order valence-corrected chi connectivity index (χ4v) is 4.86. The molecule has 1 aliphatic heterocycles. The Morgan fingerprint density at radius 3 is 2.50 bits per heavy atom. The minimum Gasteiger partial charge on any atom is -0.379 e. The van der Waals surface area contributed by atoms with Gasteiger partial charge in [0.25, 0.3) is 0 Å². The molecule has 1 saturated heterocycles. The van der Waals surface area contributed by atoms with E-state index < -0.39 is 9.84 Å². The summed E-state index contributed by atoms with van der Waals surface area (Å²) in [4.78, 5) is 0. The van der Waals surface area contributed by atoms with Crippen LogP contribution in [0, 0.1) is 11.8 Å². The molecule has 0 radical (unpaired) electrons. The molecule has 0 amide bonds. The molecule has 0 bridgehead atoms. The van der Waals surface area contributed by atoms with Gasteiger partial charge in [0.15, 0.2) is 9.84 Å². The van der Waals surface area contributed by atoms with Crippen LogP contribution in [0.4, 0.5) is 0 Å². The summed E-state index contributed by atoms with van der Waals surface area (Å²) < 4.78 is 28.9. The van der Waals surface area contributed by atoms with Crippen LogP contribution < -0.4 is 5.32 Å². The Bertz CT molecular complexity index is 415. The van der Waals surface area contributed by atoms with Crippen LogP contribution in [0.15, 0.2) is 0 Å². The lowest BCUT2D eigenvalue weighted by atomic mass is 9.85. The summed E-state index contributed by atoms with van der Waals surface area (Å²) in [5.41, 5.74) is -0.116. The van der Waals surface area contributed by atoms with Gasteiger partial charge < -0.3 is 10.1 Å². The van der Waals surface area contributed by atoms with E-state index in [4.69, 9.17) is 4.74 Å². The largest absolute Gasteiger partial charge is 0.379 e. The van der Waals surface area contributed by atoms with Crippen molar-refractivity contribution in [1.82, 2.24) is 5.32 Å². The molecule has 2 rings (SSSR count). The molecule has 118 valence electrons. The van der Waals surface area contributed by atoms with Gasteiger partial charge >= 0.3 is 0 Å². The Hall–Kier alpha value is -0.130. The van der Waals surface area contributed by atoms with Crippen LogP contribution in [-0.4, -0.2) is 45.2 Å². The molecule has 5 heteroatoms. The quantitative estimate of drug-likeness (QED) is 0.745. The summed E-state index contributed by atoms with van der Waals surface area (Å²) in [5.74, 6) is 1.56. The number of hydrogen-bond acceptors (Lipinski definition) is 4. The van der Waals surface area contributed by atoms with Gasteiger partial charge in [0.05, 0.1) is 17.1 Å². The Labute approximate surface area is 123 Å². The molecule has 1 saturated carbocycles. The van der Waals surface area contributed by atoms with E-state index in [0.717, 1.165) is 25.8 Å². The molecule has 2 unspecified atom stereocenters. The fourth-order valence-electron chi connectivity index (χ4n) is 2.94. The lowest BCUT2D eigenvalue weighted by Crippen LogP contribution is -2.32. The number of sulfone groups is 1. The van der Waals surface area contributed by atoms with Crippen molar-refractivity contribution in [2.45, 2.75) is 57.6 Å². The second-order valence-corrected chi connectivity index (χ2v) is 9.34. The summed E-state index contributed by atoms with van der Waals surface area (Å²) in [6.45, 7) is 5.16. The number of methoxy groups -OCH3 is 1. The predicted octanol–water partition coefficient (Wildman–Crippen LogP) is 1.99. The van der Waals surface area contributed by atoms with E-state index in [2.05, 4.69) is 19.2 Å². The summed E-state index contributed by atoms with van der Waals surface area (Å²) in [6, 6.07) is 0.686. The normalized spacial score (nSPS) is 27.6. The van der Waals surface area contributed by atoms with Gasteiger partial charge in [-0.25, -0.2) is 8.42 Å². The molecule has 2 aliphatic rings. The Kier molecular flexibility index (Phi) is 5.14. The summed E-state index contributed by atoms with van der Waals surface area (Å²) in [5, 5.41) is 3.58. The lowest BCUT2D eigenvalue weighted by molar-refractivity contribution is 0.00860. The maximum absolute atomic E-state index is 11.7. The molecule has 0 aromatic carbocycles. The van der Waals surface area contributed by atoms with Crippen molar-refractivity contribution in [2.75, 3.05) is 25.2 Å². The maximum Gasteiger partial charge on any atom is 0.150 e. The SMILES string of the molecule is COC(C)(C)CCC(CNC1CC1)C1CCS(=O)(=O)C1. The van der Waals surface area contributed by atoms with Gasteiger partial charge in [0, 0.05) is 13.2 Å². The van der Waals surface area contributed by atoms with Gasteiger partial charge in [-0.3, -0.25) is 0 Å². The van der Waals surface area contributed by atoms with Crippen LogP contribution in [-0.2, 0) is 14.6 Å². The smallest absolute Gasteiger partial charge is 0.150 e. The zero-order valence-corrected chi connectivity index (χ0v) is 13.8. The van der Waals surface area contributed by atoms with Crippen molar-refractivity contribution in [2.24, 2.45) is 11.8 Å². The molecule has 0 aromatic heterocycles. The highest BCUT2D eigenvalue weighted by Gasteiger charge is 2.35. The molecule has 1 N–H and O–H groups in total. The first-order chi connectivity index (χ1) is 9.31. The monoisotopic (exact) mass is 303 g/mol. The van der Waals surface area contributed by atoms with Crippen molar-refractivity contribution in [3.05, 3.63) is 0 Å². The van der Waals surface area contributed by atoms with E-state index in [-0.39, 0.29) is 5.60 Å². The van der Waals surface area contributed by atoms with Gasteiger partial charge in [0.2, 0.25) is 0 Å². The van der Waals surface area contributed by atoms with Crippen molar-refractivity contribution in [1.29, 1.82) is 0 Å². The number of hydrogen-bond donors (Lipinski definition) is 1. The maximum atomic E-state index is 11.7. The van der Waals surface area contributed by atoms with Crippen LogP contribution in [0.1, 0.15) is 46.0 Å². The molecule has 1 aliphatic carbocycles. The molecule has 2 atom stereocenters. The predicted molar refractivity (Wildman–Crippen MR) is 81.6 cm³/mol. The molecule has 4 nitrogen and oxygen atoms in total. The second kappa shape index (κ2) is 6.32. The third-order valence-corrected chi connectivity index (χ3v) is 6.64. The summed E-state index contributed by atoms with van der Waals surface area (Å²) in [7, 11) is -1.03. The first kappa shape index (κ1) is 16.2. The van der Waals surface area contributed by atoms with Gasteiger partial charge in [0.1, 0.15) is 0 Å². The van der Waals surface area contributed by atoms with Gasteiger partial charge in [-0.15, -0.1) is 0 Å². The van der Waals surface area contributed by atoms with Crippen LogP contribution >= 0.6 is 0 Å². The van der Waals surface area contributed by atoms with Gasteiger partial charge in [-0.05, 0) is 64.3 Å². The van der Waals surface area contributed by atoms with Crippen LogP contribution in [0.3, 0.4) is 0 Å². The van der Waals surface area contributed by atoms with E-state index in [0.29, 0.717) is 29.4 Å². The van der Waals surface area contributed by atoms with Crippen LogP contribution in [0.25, 0.3) is 0 Å². The van der Waals surface area contributed by atoms with Crippen LogP contribution in [0.2, 0.25) is 0 Å². The Balaban J connectivity index is 1.89. The zero-order chi connectivity index (χ0) is 14.8. The Morgan fingerprint density at radius 2 is 2.00 bits per heavy atom. The first-order valence-corrected chi connectivity index (χ1v) is 9.62. The highest BCUT2D eigenvalue weighted by Crippen LogP contribution is 2.32. The highest BCUT2D eigenvalue weighted by atomic mass is 32.2. The molecule has 1 heterocycles. The average molecular weight is 303 g/mol. The average Bonchev–Trinajstić information content (AvgIpc) is 3.13. The van der Waals surface area contributed by atoms with Crippen molar-refractivity contribution >= 4 is 9.84 Å². The molecule has 2 fully saturated rings. The van der Waals surface area contributed by atoms with Crippen LogP contribution in [0.5, 0.6) is 0 Å². The number of nitrogens with one attached hydrogen (secondary N) is 1. The number of ether oxygens (including phenoxy) is 1. The van der Waals surface area contributed by atoms with Gasteiger partial charge in [-0.1, -0.05) is 0 Å². The minimum absolute atomic E-state index is 0.116. The third kappa shape index (κ3) is 5.01. The fraction of sp³-hybridized carbons (Fsp3) is 1.00.